The van der Waals surface area contributed by atoms with Crippen LogP contribution in [0.2, 0.25) is 0 Å². The predicted molar refractivity (Wildman–Crippen MR) is 108 cm³/mol. The van der Waals surface area contributed by atoms with Crippen molar-refractivity contribution in [1.82, 2.24) is 10.4 Å². The molecule has 0 radical (unpaired) electrons. The number of carbonyl (C=O) groups excluding carboxylic acids is 1. The normalized spacial score (nSPS) is 11.7. The van der Waals surface area contributed by atoms with Crippen molar-refractivity contribution in [2.45, 2.75) is 11.8 Å². The SMILES string of the molecule is C/C(=N\NC(=O)c1ccncc1)c1cccc(NS(=O)(=O)c2ccccc2)c1. The number of aromatic nitrogens is 1. The minimum Gasteiger partial charge on any atom is -0.280 e. The highest BCUT2D eigenvalue weighted by Crippen LogP contribution is 2.17. The van der Waals surface area contributed by atoms with Crippen molar-refractivity contribution in [3.63, 3.8) is 0 Å². The summed E-state index contributed by atoms with van der Waals surface area (Å²) in [5.41, 5.74) is 4.51. The number of hydrazone groups is 1. The van der Waals surface area contributed by atoms with E-state index >= 15 is 0 Å². The van der Waals surface area contributed by atoms with Gasteiger partial charge < -0.3 is 0 Å². The summed E-state index contributed by atoms with van der Waals surface area (Å²) in [6.45, 7) is 1.72. The summed E-state index contributed by atoms with van der Waals surface area (Å²) in [5, 5.41) is 4.09. The van der Waals surface area contributed by atoms with E-state index in [4.69, 9.17) is 0 Å². The molecule has 142 valence electrons. The molecule has 3 rings (SSSR count). The molecule has 0 unspecified atom stereocenters. The molecule has 0 bridgehead atoms. The molecular weight excluding hydrogens is 376 g/mol. The number of nitrogens with zero attached hydrogens (tertiary/aromatic N) is 2. The fraction of sp³-hybridized carbons (Fsp3) is 0.0500. The van der Waals surface area contributed by atoms with E-state index in [0.29, 0.717) is 22.5 Å². The lowest BCUT2D eigenvalue weighted by molar-refractivity contribution is 0.0954. The number of hydrogen-bond donors (Lipinski definition) is 2. The number of nitrogens with one attached hydrogen (secondary N) is 2. The third-order valence-electron chi connectivity index (χ3n) is 3.85. The van der Waals surface area contributed by atoms with Crippen LogP contribution in [0.1, 0.15) is 22.8 Å². The highest BCUT2D eigenvalue weighted by Gasteiger charge is 2.13. The summed E-state index contributed by atoms with van der Waals surface area (Å²) < 4.78 is 27.4. The van der Waals surface area contributed by atoms with E-state index in [-0.39, 0.29) is 10.8 Å². The first-order valence-corrected chi connectivity index (χ1v) is 9.87. The molecule has 2 N–H and O–H groups in total. The van der Waals surface area contributed by atoms with Crippen molar-refractivity contribution in [2.24, 2.45) is 5.10 Å². The number of hydrogen-bond acceptors (Lipinski definition) is 5. The molecule has 0 aliphatic carbocycles. The van der Waals surface area contributed by atoms with E-state index in [1.807, 2.05) is 0 Å². The lowest BCUT2D eigenvalue weighted by atomic mass is 10.1. The molecule has 0 aliphatic heterocycles. The Morgan fingerprint density at radius 3 is 2.36 bits per heavy atom. The van der Waals surface area contributed by atoms with Crippen LogP contribution in [-0.4, -0.2) is 25.0 Å². The van der Waals surface area contributed by atoms with Crippen molar-refractivity contribution >= 4 is 27.3 Å². The Morgan fingerprint density at radius 2 is 1.64 bits per heavy atom. The Balaban J connectivity index is 1.74. The Kier molecular flexibility index (Phi) is 5.81. The van der Waals surface area contributed by atoms with Gasteiger partial charge in [0, 0.05) is 23.6 Å². The predicted octanol–water partition coefficient (Wildman–Crippen LogP) is 3.04. The van der Waals surface area contributed by atoms with Crippen molar-refractivity contribution in [2.75, 3.05) is 4.72 Å². The molecule has 1 heterocycles. The molecule has 0 aliphatic rings. The third-order valence-corrected chi connectivity index (χ3v) is 5.25. The number of pyridine rings is 1. The van der Waals surface area contributed by atoms with Gasteiger partial charge in [0.25, 0.3) is 15.9 Å². The van der Waals surface area contributed by atoms with E-state index in [9.17, 15) is 13.2 Å². The fourth-order valence-electron chi connectivity index (χ4n) is 2.39. The second-order valence-electron chi connectivity index (χ2n) is 5.87. The minimum atomic E-state index is -3.68. The van der Waals surface area contributed by atoms with Crippen molar-refractivity contribution < 1.29 is 13.2 Å². The summed E-state index contributed by atoms with van der Waals surface area (Å²) >= 11 is 0. The van der Waals surface area contributed by atoms with Crippen LogP contribution in [0.3, 0.4) is 0 Å². The van der Waals surface area contributed by atoms with Gasteiger partial charge >= 0.3 is 0 Å². The monoisotopic (exact) mass is 394 g/mol. The van der Waals surface area contributed by atoms with E-state index in [0.717, 1.165) is 0 Å². The number of anilines is 1. The summed E-state index contributed by atoms with van der Waals surface area (Å²) in [6, 6.07) is 18.1. The summed E-state index contributed by atoms with van der Waals surface area (Å²) in [4.78, 5) is 16.1. The van der Waals surface area contributed by atoms with Gasteiger partial charge in [0.2, 0.25) is 0 Å². The van der Waals surface area contributed by atoms with Gasteiger partial charge in [0.05, 0.1) is 10.6 Å². The maximum absolute atomic E-state index is 12.5. The number of sulfonamides is 1. The Hall–Kier alpha value is -3.52. The molecule has 8 heteroatoms. The Morgan fingerprint density at radius 1 is 0.929 bits per heavy atom. The zero-order valence-electron chi connectivity index (χ0n) is 15.0. The molecular formula is C20H18N4O3S. The van der Waals surface area contributed by atoms with Crippen LogP contribution in [0.4, 0.5) is 5.69 Å². The van der Waals surface area contributed by atoms with Crippen LogP contribution < -0.4 is 10.1 Å². The maximum atomic E-state index is 12.5. The van der Waals surface area contributed by atoms with Crippen molar-refractivity contribution in [3.05, 3.63) is 90.3 Å². The average molecular weight is 394 g/mol. The first-order valence-electron chi connectivity index (χ1n) is 8.39. The van der Waals surface area contributed by atoms with Crippen LogP contribution in [0, 0.1) is 0 Å². The quantitative estimate of drug-likeness (QED) is 0.496. The number of carbonyl (C=O) groups is 1. The van der Waals surface area contributed by atoms with Gasteiger partial charge in [-0.2, -0.15) is 5.10 Å². The minimum absolute atomic E-state index is 0.176. The van der Waals surface area contributed by atoms with Crippen LogP contribution in [0.15, 0.2) is 89.1 Å². The zero-order valence-corrected chi connectivity index (χ0v) is 15.8. The molecule has 2 aromatic carbocycles. The summed E-state index contributed by atoms with van der Waals surface area (Å²) in [6.07, 6.45) is 3.04. The van der Waals surface area contributed by atoms with Crippen LogP contribution in [0.5, 0.6) is 0 Å². The van der Waals surface area contributed by atoms with E-state index in [2.05, 4.69) is 20.2 Å². The first kappa shape index (κ1) is 19.2. The zero-order chi connectivity index (χ0) is 20.0. The largest absolute Gasteiger partial charge is 0.280 e. The van der Waals surface area contributed by atoms with Gasteiger partial charge in [-0.3, -0.25) is 14.5 Å². The van der Waals surface area contributed by atoms with Gasteiger partial charge in [-0.25, -0.2) is 13.8 Å². The number of benzene rings is 2. The molecule has 0 atom stereocenters. The van der Waals surface area contributed by atoms with Crippen LogP contribution >= 0.6 is 0 Å². The van der Waals surface area contributed by atoms with Crippen LogP contribution in [-0.2, 0) is 10.0 Å². The Labute approximate surface area is 163 Å². The number of amides is 1. The second-order valence-corrected chi connectivity index (χ2v) is 7.56. The van der Waals surface area contributed by atoms with Crippen molar-refractivity contribution in [3.8, 4) is 0 Å². The van der Waals surface area contributed by atoms with Gasteiger partial charge in [0.1, 0.15) is 0 Å². The number of rotatable bonds is 6. The molecule has 7 nitrogen and oxygen atoms in total. The first-order chi connectivity index (χ1) is 13.5. The molecule has 0 saturated heterocycles. The topological polar surface area (TPSA) is 101 Å². The van der Waals surface area contributed by atoms with Crippen LogP contribution in [0.25, 0.3) is 0 Å². The maximum Gasteiger partial charge on any atom is 0.271 e. The van der Waals surface area contributed by atoms with Gasteiger partial charge in [-0.15, -0.1) is 0 Å². The Bertz CT molecular complexity index is 1100. The molecule has 3 aromatic rings. The lowest BCUT2D eigenvalue weighted by Crippen LogP contribution is -2.19. The van der Waals surface area contributed by atoms with Crippen molar-refractivity contribution in [1.29, 1.82) is 0 Å². The van der Waals surface area contributed by atoms with Gasteiger partial charge in [-0.1, -0.05) is 30.3 Å². The van der Waals surface area contributed by atoms with Gasteiger partial charge in [-0.05, 0) is 48.9 Å². The molecule has 0 fully saturated rings. The molecule has 28 heavy (non-hydrogen) atoms. The highest BCUT2D eigenvalue weighted by atomic mass is 32.2. The van der Waals surface area contributed by atoms with E-state index < -0.39 is 10.0 Å². The standard InChI is InChI=1S/C20H18N4O3S/c1-15(22-23-20(25)16-10-12-21-13-11-16)17-6-5-7-18(14-17)24-28(26,27)19-8-3-2-4-9-19/h2-14,24H,1H3,(H,23,25)/b22-15+. The average Bonchev–Trinajstić information content (AvgIpc) is 2.73. The van der Waals surface area contributed by atoms with E-state index in [1.165, 1.54) is 24.5 Å². The smallest absolute Gasteiger partial charge is 0.271 e. The fourth-order valence-corrected chi connectivity index (χ4v) is 3.46. The molecule has 1 amide bonds. The van der Waals surface area contributed by atoms with E-state index in [1.54, 1.807) is 61.5 Å². The summed E-state index contributed by atoms with van der Waals surface area (Å²) in [7, 11) is -3.68. The highest BCUT2D eigenvalue weighted by molar-refractivity contribution is 7.92. The van der Waals surface area contributed by atoms with Gasteiger partial charge in [0.15, 0.2) is 0 Å². The summed E-state index contributed by atoms with van der Waals surface area (Å²) in [5.74, 6) is -0.359. The third kappa shape index (κ3) is 4.80. The molecule has 0 spiro atoms. The second kappa shape index (κ2) is 8.45. The molecule has 0 saturated carbocycles. The molecule has 1 aromatic heterocycles. The lowest BCUT2D eigenvalue weighted by Gasteiger charge is -2.09.